The molecule has 0 aliphatic rings. The molecule has 0 aliphatic heterocycles. The zero-order chi connectivity index (χ0) is 10.8. The molecule has 0 radical (unpaired) electrons. The summed E-state index contributed by atoms with van der Waals surface area (Å²) in [6.45, 7) is 1.73. The molecular weight excluding hydrogens is 213 g/mol. The van der Waals surface area contributed by atoms with E-state index in [2.05, 4.69) is 4.98 Å². The van der Waals surface area contributed by atoms with Gasteiger partial charge in [0, 0.05) is 23.5 Å². The average Bonchev–Trinajstić information content (AvgIpc) is 2.23. The topological polar surface area (TPSA) is 12.9 Å². The van der Waals surface area contributed by atoms with Crippen molar-refractivity contribution in [2.45, 2.75) is 6.92 Å². The lowest BCUT2D eigenvalue weighted by molar-refractivity contribution is 0.622. The molecule has 0 N–H and O–H groups in total. The van der Waals surface area contributed by atoms with E-state index < -0.39 is 0 Å². The lowest BCUT2D eigenvalue weighted by Crippen LogP contribution is -1.89. The summed E-state index contributed by atoms with van der Waals surface area (Å²) in [6, 6.07) is 6.96. The van der Waals surface area contributed by atoms with Crippen LogP contribution in [0.2, 0.25) is 5.02 Å². The Bertz CT molecular complexity index is 497. The molecule has 0 saturated carbocycles. The SMILES string of the molecule is Cc1cccc(-c2ccncc2Cl)c1F. The second-order valence-corrected chi connectivity index (χ2v) is 3.70. The zero-order valence-electron chi connectivity index (χ0n) is 8.17. The minimum Gasteiger partial charge on any atom is -0.263 e. The maximum atomic E-state index is 13.8. The highest BCUT2D eigenvalue weighted by molar-refractivity contribution is 6.33. The summed E-state index contributed by atoms with van der Waals surface area (Å²) in [5.74, 6) is -0.231. The third-order valence-electron chi connectivity index (χ3n) is 2.25. The molecule has 2 rings (SSSR count). The van der Waals surface area contributed by atoms with Gasteiger partial charge in [0.2, 0.25) is 0 Å². The molecule has 3 heteroatoms. The minimum atomic E-state index is -0.231. The van der Waals surface area contributed by atoms with Crippen molar-refractivity contribution in [1.29, 1.82) is 0 Å². The van der Waals surface area contributed by atoms with Crippen LogP contribution in [-0.2, 0) is 0 Å². The normalized spacial score (nSPS) is 10.3. The highest BCUT2D eigenvalue weighted by Crippen LogP contribution is 2.29. The molecule has 0 unspecified atom stereocenters. The van der Waals surface area contributed by atoms with Crippen LogP contribution < -0.4 is 0 Å². The van der Waals surface area contributed by atoms with Crippen LogP contribution in [0.25, 0.3) is 11.1 Å². The maximum Gasteiger partial charge on any atom is 0.133 e. The fourth-order valence-corrected chi connectivity index (χ4v) is 1.67. The molecule has 2 aromatic rings. The number of hydrogen-bond donors (Lipinski definition) is 0. The van der Waals surface area contributed by atoms with Crippen molar-refractivity contribution >= 4 is 11.6 Å². The predicted octanol–water partition coefficient (Wildman–Crippen LogP) is 3.85. The standard InChI is InChI=1S/C12H9ClFN/c1-8-3-2-4-10(12(8)14)9-5-6-15-7-11(9)13/h2-7H,1H3. The second-order valence-electron chi connectivity index (χ2n) is 3.29. The number of rotatable bonds is 1. The van der Waals surface area contributed by atoms with E-state index in [4.69, 9.17) is 11.6 Å². The summed E-state index contributed by atoms with van der Waals surface area (Å²) >= 11 is 5.95. The summed E-state index contributed by atoms with van der Waals surface area (Å²) in [4.78, 5) is 3.87. The largest absolute Gasteiger partial charge is 0.263 e. The Balaban J connectivity index is 2.65. The van der Waals surface area contributed by atoms with Gasteiger partial charge in [0.25, 0.3) is 0 Å². The van der Waals surface area contributed by atoms with Gasteiger partial charge in [-0.05, 0) is 18.6 Å². The molecular formula is C12H9ClFN. The third kappa shape index (κ3) is 1.85. The van der Waals surface area contributed by atoms with E-state index in [0.29, 0.717) is 21.7 Å². The second kappa shape index (κ2) is 3.99. The Morgan fingerprint density at radius 3 is 2.73 bits per heavy atom. The Hall–Kier alpha value is -1.41. The van der Waals surface area contributed by atoms with Crippen LogP contribution in [-0.4, -0.2) is 4.98 Å². The van der Waals surface area contributed by atoms with Crippen molar-refractivity contribution in [3.8, 4) is 11.1 Å². The van der Waals surface area contributed by atoms with Crippen molar-refractivity contribution in [3.63, 3.8) is 0 Å². The van der Waals surface area contributed by atoms with Crippen molar-refractivity contribution < 1.29 is 4.39 Å². The summed E-state index contributed by atoms with van der Waals surface area (Å²) in [6.07, 6.45) is 3.11. The van der Waals surface area contributed by atoms with Gasteiger partial charge in [0.1, 0.15) is 5.82 Å². The molecule has 1 aromatic heterocycles. The average molecular weight is 222 g/mol. The lowest BCUT2D eigenvalue weighted by Gasteiger charge is -2.06. The molecule has 76 valence electrons. The quantitative estimate of drug-likeness (QED) is 0.713. The molecule has 0 saturated heterocycles. The molecule has 0 amide bonds. The van der Waals surface area contributed by atoms with Gasteiger partial charge in [-0.15, -0.1) is 0 Å². The summed E-state index contributed by atoms with van der Waals surface area (Å²) in [5.41, 5.74) is 1.80. The molecule has 1 heterocycles. The van der Waals surface area contributed by atoms with Crippen molar-refractivity contribution in [2.24, 2.45) is 0 Å². The molecule has 0 bridgehead atoms. The van der Waals surface area contributed by atoms with E-state index >= 15 is 0 Å². The molecule has 1 aromatic carbocycles. The van der Waals surface area contributed by atoms with Gasteiger partial charge < -0.3 is 0 Å². The first-order valence-corrected chi connectivity index (χ1v) is 4.93. The van der Waals surface area contributed by atoms with Gasteiger partial charge in [-0.2, -0.15) is 0 Å². The molecule has 0 atom stereocenters. The van der Waals surface area contributed by atoms with E-state index in [1.54, 1.807) is 31.3 Å². The van der Waals surface area contributed by atoms with Crippen molar-refractivity contribution in [1.82, 2.24) is 4.98 Å². The van der Waals surface area contributed by atoms with Gasteiger partial charge in [-0.25, -0.2) is 4.39 Å². The van der Waals surface area contributed by atoms with Crippen molar-refractivity contribution in [2.75, 3.05) is 0 Å². The van der Waals surface area contributed by atoms with Gasteiger partial charge >= 0.3 is 0 Å². The first-order valence-electron chi connectivity index (χ1n) is 4.55. The van der Waals surface area contributed by atoms with E-state index in [0.717, 1.165) is 0 Å². The number of hydrogen-bond acceptors (Lipinski definition) is 1. The number of benzene rings is 1. The number of nitrogens with zero attached hydrogens (tertiary/aromatic N) is 1. The Morgan fingerprint density at radius 1 is 1.20 bits per heavy atom. The fourth-order valence-electron chi connectivity index (χ4n) is 1.45. The van der Waals surface area contributed by atoms with E-state index in [9.17, 15) is 4.39 Å². The van der Waals surface area contributed by atoms with E-state index in [-0.39, 0.29) is 5.82 Å². The smallest absolute Gasteiger partial charge is 0.133 e. The number of halogens is 2. The van der Waals surface area contributed by atoms with Crippen LogP contribution in [0.1, 0.15) is 5.56 Å². The maximum absolute atomic E-state index is 13.8. The molecule has 1 nitrogen and oxygen atoms in total. The van der Waals surface area contributed by atoms with Crippen LogP contribution in [0.3, 0.4) is 0 Å². The van der Waals surface area contributed by atoms with Crippen molar-refractivity contribution in [3.05, 3.63) is 53.1 Å². The molecule has 0 fully saturated rings. The fraction of sp³-hybridized carbons (Fsp3) is 0.0833. The van der Waals surface area contributed by atoms with Gasteiger partial charge in [-0.3, -0.25) is 4.98 Å². The van der Waals surface area contributed by atoms with Crippen LogP contribution in [0.15, 0.2) is 36.7 Å². The van der Waals surface area contributed by atoms with Gasteiger partial charge in [0.15, 0.2) is 0 Å². The Kier molecular flexibility index (Phi) is 2.69. The first-order chi connectivity index (χ1) is 7.20. The van der Waals surface area contributed by atoms with Crippen LogP contribution in [0.4, 0.5) is 4.39 Å². The Morgan fingerprint density at radius 2 is 2.00 bits per heavy atom. The first kappa shape index (κ1) is 10.1. The molecule has 15 heavy (non-hydrogen) atoms. The van der Waals surface area contributed by atoms with E-state index in [1.165, 1.54) is 6.20 Å². The molecule has 0 spiro atoms. The number of pyridine rings is 1. The summed E-state index contributed by atoms with van der Waals surface area (Å²) < 4.78 is 13.8. The molecule has 0 aliphatic carbocycles. The minimum absolute atomic E-state index is 0.231. The third-order valence-corrected chi connectivity index (χ3v) is 2.56. The van der Waals surface area contributed by atoms with Crippen LogP contribution in [0, 0.1) is 12.7 Å². The van der Waals surface area contributed by atoms with Crippen LogP contribution in [0.5, 0.6) is 0 Å². The number of aryl methyl sites for hydroxylation is 1. The monoisotopic (exact) mass is 221 g/mol. The van der Waals surface area contributed by atoms with Crippen LogP contribution >= 0.6 is 11.6 Å². The Labute approximate surface area is 92.5 Å². The summed E-state index contributed by atoms with van der Waals surface area (Å²) in [7, 11) is 0. The van der Waals surface area contributed by atoms with E-state index in [1.807, 2.05) is 6.07 Å². The highest BCUT2D eigenvalue weighted by Gasteiger charge is 2.09. The van der Waals surface area contributed by atoms with Gasteiger partial charge in [-0.1, -0.05) is 29.8 Å². The summed E-state index contributed by atoms with van der Waals surface area (Å²) in [5, 5.41) is 0.460. The predicted molar refractivity (Wildman–Crippen MR) is 59.4 cm³/mol. The highest BCUT2D eigenvalue weighted by atomic mass is 35.5. The lowest BCUT2D eigenvalue weighted by atomic mass is 10.0. The van der Waals surface area contributed by atoms with Gasteiger partial charge in [0.05, 0.1) is 5.02 Å². The zero-order valence-corrected chi connectivity index (χ0v) is 8.92. The number of aromatic nitrogens is 1.